The molecule has 13 aromatic rings. The van der Waals surface area contributed by atoms with Gasteiger partial charge in [0.15, 0.2) is 8.07 Å². The predicted molar refractivity (Wildman–Crippen MR) is 302 cm³/mol. The van der Waals surface area contributed by atoms with Crippen LogP contribution in [0.15, 0.2) is 261 Å². The van der Waals surface area contributed by atoms with E-state index < -0.39 is 8.07 Å². The zero-order valence-corrected chi connectivity index (χ0v) is 40.1. The molecule has 2 aliphatic rings. The minimum atomic E-state index is -2.79. The van der Waals surface area contributed by atoms with Crippen molar-refractivity contribution in [1.82, 2.24) is 9.13 Å². The van der Waals surface area contributed by atoms with E-state index >= 15 is 0 Å². The Morgan fingerprint density at radius 1 is 0.292 bits per heavy atom. The smallest absolute Gasteiger partial charge is 0.260 e. The van der Waals surface area contributed by atoms with Crippen molar-refractivity contribution < 1.29 is 9.47 Å². The Morgan fingerprint density at radius 2 is 0.792 bits per heavy atom. The molecule has 0 atom stereocenters. The van der Waals surface area contributed by atoms with Gasteiger partial charge in [0, 0.05) is 44.4 Å². The molecule has 0 saturated carbocycles. The Bertz CT molecular complexity index is 4190. The molecule has 6 heteroatoms. The SMILES string of the molecule is c1ccc(-n2c3ccccc3c3cc4c5ccccc5n(-c5ccc6c(c5)Oc5cc(-c7cccc([Si](c8ccccc8)(c8ccccc8)c8ccccc8)c7)cc7c5B6c5ccccc5O7)c4cc32)cc1. The first-order valence-electron chi connectivity index (χ1n) is 24.8. The summed E-state index contributed by atoms with van der Waals surface area (Å²) in [6.07, 6.45) is 0. The molecule has 4 heterocycles. The van der Waals surface area contributed by atoms with Crippen molar-refractivity contribution in [1.29, 1.82) is 0 Å². The van der Waals surface area contributed by atoms with E-state index in [1.54, 1.807) is 0 Å². The van der Waals surface area contributed by atoms with E-state index in [9.17, 15) is 0 Å². The summed E-state index contributed by atoms with van der Waals surface area (Å²) in [6.45, 7) is -0.0770. The van der Waals surface area contributed by atoms with Gasteiger partial charge < -0.3 is 18.6 Å². The topological polar surface area (TPSA) is 28.3 Å². The molecule has 11 aromatic carbocycles. The summed E-state index contributed by atoms with van der Waals surface area (Å²) in [5.41, 5.74) is 12.3. The Morgan fingerprint density at radius 3 is 1.42 bits per heavy atom. The van der Waals surface area contributed by atoms with Crippen molar-refractivity contribution in [3.8, 4) is 45.5 Å². The van der Waals surface area contributed by atoms with Gasteiger partial charge in [-0.15, -0.1) is 0 Å². The maximum atomic E-state index is 7.27. The first kappa shape index (κ1) is 40.8. The van der Waals surface area contributed by atoms with Gasteiger partial charge in [-0.2, -0.15) is 0 Å². The van der Waals surface area contributed by atoms with E-state index in [0.717, 1.165) is 72.9 Å². The van der Waals surface area contributed by atoms with Gasteiger partial charge in [-0.3, -0.25) is 0 Å². The van der Waals surface area contributed by atoms with Gasteiger partial charge in [-0.25, -0.2) is 0 Å². The van der Waals surface area contributed by atoms with E-state index in [1.807, 2.05) is 0 Å². The molecule has 0 saturated heterocycles. The summed E-state index contributed by atoms with van der Waals surface area (Å²) >= 11 is 0. The number of nitrogens with zero attached hydrogens (tertiary/aromatic N) is 2. The van der Waals surface area contributed by atoms with Crippen LogP contribution in [0, 0.1) is 0 Å². The van der Waals surface area contributed by atoms with Gasteiger partial charge in [0.1, 0.15) is 23.0 Å². The second-order valence-electron chi connectivity index (χ2n) is 19.1. The number of ether oxygens (including phenoxy) is 2. The van der Waals surface area contributed by atoms with Crippen LogP contribution in [0.5, 0.6) is 23.0 Å². The molecule has 72 heavy (non-hydrogen) atoms. The van der Waals surface area contributed by atoms with Gasteiger partial charge in [0.25, 0.3) is 6.71 Å². The average molecular weight is 935 g/mol. The number of fused-ring (bicyclic) bond motifs is 10. The van der Waals surface area contributed by atoms with Crippen LogP contribution in [0.25, 0.3) is 66.1 Å². The Balaban J connectivity index is 0.916. The van der Waals surface area contributed by atoms with Crippen molar-refractivity contribution >= 4 is 95.5 Å². The first-order chi connectivity index (χ1) is 35.7. The average Bonchev–Trinajstić information content (AvgIpc) is 3.95. The first-order valence-corrected chi connectivity index (χ1v) is 26.8. The van der Waals surface area contributed by atoms with E-state index in [1.165, 1.54) is 53.3 Å². The fourth-order valence-electron chi connectivity index (χ4n) is 12.3. The highest BCUT2D eigenvalue weighted by atomic mass is 28.3. The van der Waals surface area contributed by atoms with Crippen LogP contribution >= 0.6 is 0 Å². The lowest BCUT2D eigenvalue weighted by Crippen LogP contribution is -2.74. The highest BCUT2D eigenvalue weighted by molar-refractivity contribution is 7.20. The zero-order chi connectivity index (χ0) is 47.3. The lowest BCUT2D eigenvalue weighted by Gasteiger charge is -2.35. The van der Waals surface area contributed by atoms with Crippen molar-refractivity contribution in [2.75, 3.05) is 0 Å². The summed E-state index contributed by atoms with van der Waals surface area (Å²) < 4.78 is 19.0. The van der Waals surface area contributed by atoms with Crippen LogP contribution < -0.4 is 46.6 Å². The van der Waals surface area contributed by atoms with Gasteiger partial charge in [0.2, 0.25) is 0 Å². The zero-order valence-electron chi connectivity index (χ0n) is 39.1. The van der Waals surface area contributed by atoms with E-state index in [4.69, 9.17) is 9.47 Å². The molecule has 4 nitrogen and oxygen atoms in total. The minimum Gasteiger partial charge on any atom is -0.458 e. The molecular weight excluding hydrogens is 892 g/mol. The molecule has 15 rings (SSSR count). The van der Waals surface area contributed by atoms with Crippen LogP contribution in [0.2, 0.25) is 0 Å². The normalized spacial score (nSPS) is 12.6. The van der Waals surface area contributed by atoms with Gasteiger partial charge in [0.05, 0.1) is 22.1 Å². The fraction of sp³-hybridized carbons (Fsp3) is 0. The monoisotopic (exact) mass is 934 g/mol. The van der Waals surface area contributed by atoms with Crippen LogP contribution in [0.4, 0.5) is 0 Å². The molecule has 0 radical (unpaired) electrons. The van der Waals surface area contributed by atoms with Gasteiger partial charge in [-0.1, -0.05) is 194 Å². The highest BCUT2D eigenvalue weighted by Gasteiger charge is 2.43. The predicted octanol–water partition coefficient (Wildman–Crippen LogP) is 11.7. The third-order valence-electron chi connectivity index (χ3n) is 15.4. The number of rotatable bonds is 7. The molecule has 0 unspecified atom stereocenters. The second kappa shape index (κ2) is 16.0. The van der Waals surface area contributed by atoms with Crippen molar-refractivity contribution in [2.45, 2.75) is 0 Å². The van der Waals surface area contributed by atoms with Crippen LogP contribution in [0.1, 0.15) is 0 Å². The van der Waals surface area contributed by atoms with Crippen molar-refractivity contribution in [3.05, 3.63) is 261 Å². The Hall–Kier alpha value is -9.10. The largest absolute Gasteiger partial charge is 0.458 e. The number of benzene rings is 11. The summed E-state index contributed by atoms with van der Waals surface area (Å²) in [7, 11) is -2.79. The third kappa shape index (κ3) is 6.00. The molecule has 0 aliphatic carbocycles. The quantitative estimate of drug-likeness (QED) is 0.118. The summed E-state index contributed by atoms with van der Waals surface area (Å²) in [5, 5.41) is 10.2. The Kier molecular flexibility index (Phi) is 9.04. The standard InChI is InChI=1S/C66H43BN2O2Si/c1-5-21-46(22-6-1)68-58-33-16-13-30-52(58)54-42-55-53-31-14-17-34-59(53)69(61(55)43-60(54)68)47-36-37-57-63(41-47)71-65-40-45(39-64-66(65)67(57)56-32-15-18-35-62(56)70-64)44-20-19-29-51(38-44)72(48-23-7-2-8-24-48,49-25-9-3-10-26-49)50-27-11-4-12-28-50/h1-43H. The molecule has 336 valence electrons. The Labute approximate surface area is 418 Å². The van der Waals surface area contributed by atoms with Crippen LogP contribution in [-0.2, 0) is 0 Å². The summed E-state index contributed by atoms with van der Waals surface area (Å²) in [5.74, 6) is 3.34. The molecule has 0 fully saturated rings. The lowest BCUT2D eigenvalue weighted by atomic mass is 9.35. The number of aromatic nitrogens is 2. The van der Waals surface area contributed by atoms with Crippen molar-refractivity contribution in [3.63, 3.8) is 0 Å². The highest BCUT2D eigenvalue weighted by Crippen LogP contribution is 2.42. The van der Waals surface area contributed by atoms with Crippen molar-refractivity contribution in [2.24, 2.45) is 0 Å². The number of hydrogen-bond donors (Lipinski definition) is 0. The third-order valence-corrected chi connectivity index (χ3v) is 20.1. The van der Waals surface area contributed by atoms with E-state index in [2.05, 4.69) is 270 Å². The molecular formula is C66H43BN2O2Si. The minimum absolute atomic E-state index is 0.0770. The van der Waals surface area contributed by atoms with Crippen LogP contribution in [-0.4, -0.2) is 23.9 Å². The fourth-order valence-corrected chi connectivity index (χ4v) is 17.1. The second-order valence-corrected chi connectivity index (χ2v) is 22.9. The summed E-state index contributed by atoms with van der Waals surface area (Å²) in [4.78, 5) is 0. The maximum Gasteiger partial charge on any atom is 0.260 e. The molecule has 0 bridgehead atoms. The number of hydrogen-bond acceptors (Lipinski definition) is 2. The van der Waals surface area contributed by atoms with Crippen LogP contribution in [0.3, 0.4) is 0 Å². The molecule has 2 aliphatic heterocycles. The number of para-hydroxylation sites is 4. The van der Waals surface area contributed by atoms with Gasteiger partial charge in [-0.05, 0) is 103 Å². The molecule has 0 spiro atoms. The lowest BCUT2D eigenvalue weighted by molar-refractivity contribution is 0.465. The van der Waals surface area contributed by atoms with E-state index in [-0.39, 0.29) is 6.71 Å². The van der Waals surface area contributed by atoms with E-state index in [0.29, 0.717) is 0 Å². The summed E-state index contributed by atoms with van der Waals surface area (Å²) in [6, 6.07) is 95.4. The van der Waals surface area contributed by atoms with Gasteiger partial charge >= 0.3 is 0 Å². The maximum absolute atomic E-state index is 7.27. The molecule has 2 aromatic heterocycles. The molecule has 0 amide bonds. The molecule has 0 N–H and O–H groups in total.